The van der Waals surface area contributed by atoms with Crippen molar-refractivity contribution in [3.63, 3.8) is 0 Å². The average molecular weight is 310 g/mol. The monoisotopic (exact) mass is 309 g/mol. The molecule has 0 fully saturated rings. The molecule has 0 saturated carbocycles. The fraction of sp³-hybridized carbons (Fsp3) is 0.438. The SMILES string of the molecule is Cc1cccc2[nH]cc(CCNC(=O)CCC(C)N)c12.Cl. The average Bonchev–Trinajstić information content (AvgIpc) is 2.81. The van der Waals surface area contributed by atoms with Gasteiger partial charge in [0.05, 0.1) is 0 Å². The van der Waals surface area contributed by atoms with E-state index in [1.165, 1.54) is 16.5 Å². The van der Waals surface area contributed by atoms with Gasteiger partial charge in [-0.3, -0.25) is 4.79 Å². The molecule has 0 saturated heterocycles. The van der Waals surface area contributed by atoms with Crippen molar-refractivity contribution in [3.8, 4) is 0 Å². The Morgan fingerprint density at radius 2 is 2.19 bits per heavy atom. The van der Waals surface area contributed by atoms with Gasteiger partial charge in [0.1, 0.15) is 0 Å². The lowest BCUT2D eigenvalue weighted by Crippen LogP contribution is -2.27. The molecule has 0 bridgehead atoms. The second kappa shape index (κ2) is 8.05. The zero-order valence-corrected chi connectivity index (χ0v) is 13.4. The van der Waals surface area contributed by atoms with Crippen LogP contribution in [0.1, 0.15) is 30.9 Å². The van der Waals surface area contributed by atoms with Gasteiger partial charge in [-0.25, -0.2) is 0 Å². The van der Waals surface area contributed by atoms with Crippen molar-refractivity contribution >= 4 is 29.2 Å². The van der Waals surface area contributed by atoms with Crippen molar-refractivity contribution in [1.29, 1.82) is 0 Å². The number of carbonyl (C=O) groups excluding carboxylic acids is 1. The molecule has 1 amide bonds. The van der Waals surface area contributed by atoms with Gasteiger partial charge in [-0.2, -0.15) is 0 Å². The van der Waals surface area contributed by atoms with E-state index in [1.54, 1.807) is 0 Å². The van der Waals surface area contributed by atoms with Gasteiger partial charge in [0.25, 0.3) is 0 Å². The maximum absolute atomic E-state index is 11.6. The first-order valence-corrected chi connectivity index (χ1v) is 7.16. The number of amides is 1. The zero-order chi connectivity index (χ0) is 14.5. The van der Waals surface area contributed by atoms with E-state index in [-0.39, 0.29) is 24.4 Å². The Morgan fingerprint density at radius 3 is 2.90 bits per heavy atom. The van der Waals surface area contributed by atoms with E-state index in [0.717, 1.165) is 18.4 Å². The first kappa shape index (κ1) is 17.5. The molecule has 4 nitrogen and oxygen atoms in total. The third-order valence-electron chi connectivity index (χ3n) is 3.54. The Balaban J connectivity index is 0.00000220. The van der Waals surface area contributed by atoms with E-state index in [1.807, 2.05) is 19.2 Å². The molecule has 5 heteroatoms. The standard InChI is InChI=1S/C16H23N3O.ClH/c1-11-4-3-5-14-16(11)13(10-19-14)8-9-18-15(20)7-6-12(2)17;/h3-5,10,12,19H,6-9,17H2,1-2H3,(H,18,20);1H. The van der Waals surface area contributed by atoms with Gasteiger partial charge in [-0.1, -0.05) is 12.1 Å². The summed E-state index contributed by atoms with van der Waals surface area (Å²) in [5, 5.41) is 4.23. The van der Waals surface area contributed by atoms with Crippen LogP contribution < -0.4 is 11.1 Å². The smallest absolute Gasteiger partial charge is 0.220 e. The first-order valence-electron chi connectivity index (χ1n) is 7.16. The molecular formula is C16H24ClN3O. The number of aryl methyl sites for hydroxylation is 1. The fourth-order valence-electron chi connectivity index (χ4n) is 2.43. The Morgan fingerprint density at radius 1 is 1.43 bits per heavy atom. The van der Waals surface area contributed by atoms with Crippen LogP contribution in [-0.2, 0) is 11.2 Å². The number of nitrogens with one attached hydrogen (secondary N) is 2. The van der Waals surface area contributed by atoms with Crippen LogP contribution in [-0.4, -0.2) is 23.5 Å². The summed E-state index contributed by atoms with van der Waals surface area (Å²) in [5.74, 6) is 0.0823. The molecule has 0 radical (unpaired) electrons. The quantitative estimate of drug-likeness (QED) is 0.767. The number of hydrogen-bond donors (Lipinski definition) is 3. The van der Waals surface area contributed by atoms with Crippen LogP contribution in [0.15, 0.2) is 24.4 Å². The number of hydrogen-bond acceptors (Lipinski definition) is 2. The van der Waals surface area contributed by atoms with Crippen molar-refractivity contribution in [1.82, 2.24) is 10.3 Å². The van der Waals surface area contributed by atoms with E-state index in [0.29, 0.717) is 13.0 Å². The Hall–Kier alpha value is -1.52. The van der Waals surface area contributed by atoms with Gasteiger partial charge in [0.2, 0.25) is 5.91 Å². The summed E-state index contributed by atoms with van der Waals surface area (Å²) >= 11 is 0. The van der Waals surface area contributed by atoms with Crippen LogP contribution in [0.4, 0.5) is 0 Å². The molecule has 0 spiro atoms. The molecule has 0 aliphatic carbocycles. The van der Waals surface area contributed by atoms with E-state index in [2.05, 4.69) is 29.4 Å². The molecule has 1 unspecified atom stereocenters. The van der Waals surface area contributed by atoms with Gasteiger partial charge < -0.3 is 16.0 Å². The number of fused-ring (bicyclic) bond motifs is 1. The molecule has 2 aromatic rings. The summed E-state index contributed by atoms with van der Waals surface area (Å²) in [5.41, 5.74) is 9.32. The van der Waals surface area contributed by atoms with E-state index in [4.69, 9.17) is 5.73 Å². The summed E-state index contributed by atoms with van der Waals surface area (Å²) < 4.78 is 0. The van der Waals surface area contributed by atoms with Crippen molar-refractivity contribution in [2.45, 2.75) is 39.2 Å². The van der Waals surface area contributed by atoms with Crippen LogP contribution in [0.3, 0.4) is 0 Å². The normalized spacial score (nSPS) is 12.0. The maximum Gasteiger partial charge on any atom is 0.220 e. The predicted octanol–water partition coefficient (Wildman–Crippen LogP) is 2.68. The van der Waals surface area contributed by atoms with E-state index in [9.17, 15) is 4.79 Å². The molecule has 4 N–H and O–H groups in total. The largest absolute Gasteiger partial charge is 0.361 e. The van der Waals surface area contributed by atoms with Crippen LogP contribution in [0, 0.1) is 6.92 Å². The third-order valence-corrected chi connectivity index (χ3v) is 3.54. The summed E-state index contributed by atoms with van der Waals surface area (Å²) in [4.78, 5) is 14.9. The maximum atomic E-state index is 11.6. The fourth-order valence-corrected chi connectivity index (χ4v) is 2.43. The Bertz CT molecular complexity index is 592. The lowest BCUT2D eigenvalue weighted by molar-refractivity contribution is -0.121. The molecule has 1 atom stereocenters. The number of H-pyrrole nitrogens is 1. The van der Waals surface area contributed by atoms with Crippen LogP contribution >= 0.6 is 12.4 Å². The lowest BCUT2D eigenvalue weighted by Gasteiger charge is -2.07. The summed E-state index contributed by atoms with van der Waals surface area (Å²) in [7, 11) is 0. The molecule has 1 aromatic heterocycles. The summed E-state index contributed by atoms with van der Waals surface area (Å²) in [6.07, 6.45) is 4.11. The highest BCUT2D eigenvalue weighted by Crippen LogP contribution is 2.22. The zero-order valence-electron chi connectivity index (χ0n) is 12.6. The number of rotatable bonds is 6. The van der Waals surface area contributed by atoms with E-state index >= 15 is 0 Å². The predicted molar refractivity (Wildman–Crippen MR) is 89.9 cm³/mol. The molecule has 0 aliphatic rings. The lowest BCUT2D eigenvalue weighted by atomic mass is 10.1. The number of aromatic amines is 1. The van der Waals surface area contributed by atoms with Crippen molar-refractivity contribution in [2.75, 3.05) is 6.54 Å². The number of benzene rings is 1. The van der Waals surface area contributed by atoms with Crippen LogP contribution in [0.5, 0.6) is 0 Å². The topological polar surface area (TPSA) is 70.9 Å². The van der Waals surface area contributed by atoms with Gasteiger partial charge in [-0.15, -0.1) is 12.4 Å². The summed E-state index contributed by atoms with van der Waals surface area (Å²) in [6.45, 7) is 4.70. The van der Waals surface area contributed by atoms with E-state index < -0.39 is 0 Å². The highest BCUT2D eigenvalue weighted by Gasteiger charge is 2.07. The third kappa shape index (κ3) is 4.76. The minimum atomic E-state index is 0. The number of halogens is 1. The minimum absolute atomic E-state index is 0. The summed E-state index contributed by atoms with van der Waals surface area (Å²) in [6, 6.07) is 6.32. The number of aromatic nitrogens is 1. The van der Waals surface area contributed by atoms with Gasteiger partial charge >= 0.3 is 0 Å². The molecular weight excluding hydrogens is 286 g/mol. The van der Waals surface area contributed by atoms with Crippen LogP contribution in [0.25, 0.3) is 10.9 Å². The molecule has 1 heterocycles. The molecule has 0 aliphatic heterocycles. The second-order valence-corrected chi connectivity index (χ2v) is 5.43. The van der Waals surface area contributed by atoms with Crippen molar-refractivity contribution in [3.05, 3.63) is 35.5 Å². The van der Waals surface area contributed by atoms with Crippen molar-refractivity contribution in [2.24, 2.45) is 5.73 Å². The first-order chi connectivity index (χ1) is 9.58. The minimum Gasteiger partial charge on any atom is -0.361 e. The molecule has 1 aromatic carbocycles. The van der Waals surface area contributed by atoms with Gasteiger partial charge in [-0.05, 0) is 43.9 Å². The second-order valence-electron chi connectivity index (χ2n) is 5.43. The van der Waals surface area contributed by atoms with Gasteiger partial charge in [0.15, 0.2) is 0 Å². The Kier molecular flexibility index (Phi) is 6.72. The number of nitrogens with two attached hydrogens (primary N) is 1. The molecule has 21 heavy (non-hydrogen) atoms. The van der Waals surface area contributed by atoms with Gasteiger partial charge in [0, 0.05) is 36.1 Å². The van der Waals surface area contributed by atoms with Crippen molar-refractivity contribution < 1.29 is 4.79 Å². The molecule has 116 valence electrons. The number of carbonyl (C=O) groups is 1. The highest BCUT2D eigenvalue weighted by molar-refractivity contribution is 5.86. The highest BCUT2D eigenvalue weighted by atomic mass is 35.5. The molecule has 2 rings (SSSR count). The Labute approximate surface area is 131 Å². The van der Waals surface area contributed by atoms with Crippen LogP contribution in [0.2, 0.25) is 0 Å².